The lowest BCUT2D eigenvalue weighted by molar-refractivity contribution is -0.131. The smallest absolute Gasteiger partial charge is 0.253 e. The molecule has 4 aromatic heterocycles. The fourth-order valence-electron chi connectivity index (χ4n) is 11.9. The molecule has 6 aromatic carbocycles. The largest absolute Gasteiger partial charge is 0.461 e. The van der Waals surface area contributed by atoms with Crippen LogP contribution in [0, 0.1) is 11.6 Å². The van der Waals surface area contributed by atoms with Gasteiger partial charge < -0.3 is 34.6 Å². The molecule has 92 heavy (non-hydrogen) atoms. The quantitative estimate of drug-likeness (QED) is 0.114. The lowest BCUT2D eigenvalue weighted by Gasteiger charge is -2.32. The van der Waals surface area contributed by atoms with Gasteiger partial charge in [-0.2, -0.15) is 0 Å². The molecular formula is C74H65F6N7O5. The maximum absolute atomic E-state index is 13.9. The van der Waals surface area contributed by atoms with Crippen molar-refractivity contribution in [3.05, 3.63) is 251 Å². The van der Waals surface area contributed by atoms with Crippen LogP contribution in [0.4, 0.5) is 26.3 Å². The van der Waals surface area contributed by atoms with Crippen molar-refractivity contribution in [3.8, 4) is 67.2 Å². The molecule has 0 aliphatic carbocycles. The van der Waals surface area contributed by atoms with E-state index in [0.717, 1.165) is 79.9 Å². The van der Waals surface area contributed by atoms with Crippen LogP contribution in [0.5, 0.6) is 0 Å². The standard InChI is InChI=1S/C38H32F3N3O3.C29H25F3N2O2.C7H8N2/c39-31-8-5-26(6-9-31)34-21-28(25-1-3-27(4-2-25)37(46)43-19-16-38(40,41)17-20-43)7-12-33(34)35-13-10-32(47-35)11-14-36(45)44-23-29-15-18-42-22-30(29)24-44;30-23-8-5-20(6-9-23)26-17-22(28(35)34-15-13-29(31,32)14-16-34)7-11-25(26)19-1-3-21(4-2-19)27-12-10-24(18-33)36-27;1-2-8-4-7-5-9-3-6(1)7/h1-10,12-13,15,18,21-22H,11,14,16-17,19-20,23-24H2;1-12,17H,13-16,18,33H2;1-2,4,9H,3,5H2. The van der Waals surface area contributed by atoms with Gasteiger partial charge in [0, 0.05) is 138 Å². The Kier molecular flexibility index (Phi) is 18.5. The average molecular weight is 1250 g/mol. The minimum absolute atomic E-state index is 0.0135. The first kappa shape index (κ1) is 62.3. The lowest BCUT2D eigenvalue weighted by Crippen LogP contribution is -2.42. The number of likely N-dealkylation sites (tertiary alicyclic amines) is 2. The van der Waals surface area contributed by atoms with Gasteiger partial charge in [0.05, 0.1) is 6.54 Å². The highest BCUT2D eigenvalue weighted by Crippen LogP contribution is 2.39. The molecule has 18 heteroatoms. The molecule has 2 fully saturated rings. The molecule has 0 bridgehead atoms. The summed E-state index contributed by atoms with van der Waals surface area (Å²) in [6.07, 6.45) is 6.78. The predicted molar refractivity (Wildman–Crippen MR) is 340 cm³/mol. The summed E-state index contributed by atoms with van der Waals surface area (Å²) >= 11 is 0. The number of pyridine rings is 2. The van der Waals surface area contributed by atoms with E-state index in [4.69, 9.17) is 14.6 Å². The van der Waals surface area contributed by atoms with Crippen LogP contribution in [-0.2, 0) is 43.9 Å². The number of amides is 3. The number of aryl methyl sites for hydroxylation is 1. The van der Waals surface area contributed by atoms with Crippen LogP contribution in [-0.4, -0.2) is 80.4 Å². The van der Waals surface area contributed by atoms with Crippen molar-refractivity contribution in [3.63, 3.8) is 0 Å². The third-order valence-corrected chi connectivity index (χ3v) is 17.2. The average Bonchev–Trinajstić information content (AvgIpc) is 1.19. The van der Waals surface area contributed by atoms with E-state index < -0.39 is 11.8 Å². The maximum Gasteiger partial charge on any atom is 0.253 e. The minimum atomic E-state index is -2.73. The van der Waals surface area contributed by atoms with Crippen LogP contribution in [0.1, 0.15) is 86.6 Å². The lowest BCUT2D eigenvalue weighted by atomic mass is 9.91. The van der Waals surface area contributed by atoms with Crippen molar-refractivity contribution in [2.75, 3.05) is 26.2 Å². The van der Waals surface area contributed by atoms with Gasteiger partial charge in [-0.1, -0.05) is 72.8 Å². The van der Waals surface area contributed by atoms with Gasteiger partial charge in [-0.25, -0.2) is 26.3 Å². The Balaban J connectivity index is 0.000000159. The number of nitrogens with zero attached hydrogens (tertiary/aromatic N) is 5. The molecule has 468 valence electrons. The number of aromatic nitrogens is 2. The van der Waals surface area contributed by atoms with Crippen molar-refractivity contribution in [2.45, 2.75) is 83.1 Å². The normalized spacial score (nSPS) is 15.4. The van der Waals surface area contributed by atoms with Gasteiger partial charge in [-0.15, -0.1) is 0 Å². The van der Waals surface area contributed by atoms with Crippen molar-refractivity contribution in [1.82, 2.24) is 30.0 Å². The second-order valence-electron chi connectivity index (χ2n) is 23.4. The Hall–Kier alpha value is -9.91. The fraction of sp³-hybridized carbons (Fsp3) is 0.230. The van der Waals surface area contributed by atoms with Crippen molar-refractivity contribution < 1.29 is 49.6 Å². The zero-order valence-electron chi connectivity index (χ0n) is 50.2. The molecule has 4 aliphatic rings. The van der Waals surface area contributed by atoms with E-state index in [0.29, 0.717) is 66.6 Å². The second-order valence-corrected chi connectivity index (χ2v) is 23.4. The SMILES string of the molecule is NCc1ccc(-c2ccc(-c3ccc(C(=O)N4CCC(F)(F)CC4)cc3-c3ccc(F)cc3)cc2)o1.O=C(CCc1ccc(-c2ccc(-c3ccc(C(=O)N4CCC(F)(F)CC4)cc3)cc2-c2ccc(F)cc2)o1)N1Cc2ccncc2C1.c1cc2c(cn1)CNC2. The van der Waals surface area contributed by atoms with Gasteiger partial charge in [-0.05, 0) is 164 Å². The van der Waals surface area contributed by atoms with Crippen molar-refractivity contribution in [2.24, 2.45) is 5.73 Å². The molecule has 0 atom stereocenters. The fourth-order valence-corrected chi connectivity index (χ4v) is 11.9. The number of furan rings is 2. The first-order chi connectivity index (χ1) is 44.5. The number of rotatable bonds is 12. The first-order valence-electron chi connectivity index (χ1n) is 30.6. The Labute approximate surface area is 528 Å². The van der Waals surface area contributed by atoms with Gasteiger partial charge in [0.15, 0.2) is 0 Å². The Morgan fingerprint density at radius 2 is 0.935 bits per heavy atom. The predicted octanol–water partition coefficient (Wildman–Crippen LogP) is 15.6. The van der Waals surface area contributed by atoms with Gasteiger partial charge in [-0.3, -0.25) is 24.4 Å². The summed E-state index contributed by atoms with van der Waals surface area (Å²) in [6.45, 7) is 3.58. The minimum Gasteiger partial charge on any atom is -0.461 e. The summed E-state index contributed by atoms with van der Waals surface area (Å²) in [5.74, 6) is -3.90. The molecule has 0 radical (unpaired) electrons. The van der Waals surface area contributed by atoms with Crippen LogP contribution in [0.3, 0.4) is 0 Å². The summed E-state index contributed by atoms with van der Waals surface area (Å²) in [5, 5.41) is 3.25. The monoisotopic (exact) mass is 1250 g/mol. The molecule has 14 rings (SSSR count). The van der Waals surface area contributed by atoms with Gasteiger partial charge >= 0.3 is 0 Å². The Morgan fingerprint density at radius 3 is 1.54 bits per heavy atom. The van der Waals surface area contributed by atoms with E-state index in [9.17, 15) is 40.7 Å². The highest BCUT2D eigenvalue weighted by atomic mass is 19.3. The van der Waals surface area contributed by atoms with Gasteiger partial charge in [0.2, 0.25) is 5.91 Å². The first-order valence-corrected chi connectivity index (χ1v) is 30.6. The van der Waals surface area contributed by atoms with Gasteiger partial charge in [0.1, 0.15) is 34.7 Å². The number of piperidine rings is 2. The summed E-state index contributed by atoms with van der Waals surface area (Å²) in [5.41, 5.74) is 19.8. The number of carbonyl (C=O) groups excluding carboxylic acids is 3. The number of halogens is 6. The number of benzene rings is 6. The molecule has 10 aromatic rings. The van der Waals surface area contributed by atoms with E-state index in [1.165, 1.54) is 45.2 Å². The number of hydrogen-bond donors (Lipinski definition) is 2. The number of nitrogens with two attached hydrogens (primary N) is 1. The summed E-state index contributed by atoms with van der Waals surface area (Å²) in [6, 6.07) is 49.9. The highest BCUT2D eigenvalue weighted by molar-refractivity contribution is 5.98. The van der Waals surface area contributed by atoms with E-state index in [1.54, 1.807) is 54.7 Å². The topological polar surface area (TPSA) is 151 Å². The number of hydrogen-bond acceptors (Lipinski definition) is 9. The molecule has 3 N–H and O–H groups in total. The number of carbonyl (C=O) groups is 3. The molecular weight excluding hydrogens is 1180 g/mol. The van der Waals surface area contributed by atoms with Crippen molar-refractivity contribution in [1.29, 1.82) is 0 Å². The molecule has 3 amide bonds. The van der Waals surface area contributed by atoms with Crippen molar-refractivity contribution >= 4 is 17.7 Å². The second kappa shape index (κ2) is 27.3. The van der Waals surface area contributed by atoms with Crippen LogP contribution in [0.2, 0.25) is 0 Å². The number of nitrogens with one attached hydrogen (secondary N) is 1. The van der Waals surface area contributed by atoms with E-state index >= 15 is 0 Å². The van der Waals surface area contributed by atoms with Crippen LogP contribution >= 0.6 is 0 Å². The molecule has 2 saturated heterocycles. The Bertz CT molecular complexity index is 4200. The van der Waals surface area contributed by atoms with E-state index in [-0.39, 0.29) is 81.2 Å². The molecule has 8 heterocycles. The summed E-state index contributed by atoms with van der Waals surface area (Å²) in [7, 11) is 0. The maximum atomic E-state index is 13.9. The molecule has 0 spiro atoms. The molecule has 0 unspecified atom stereocenters. The van der Waals surface area contributed by atoms with Crippen LogP contribution < -0.4 is 11.1 Å². The highest BCUT2D eigenvalue weighted by Gasteiger charge is 2.37. The van der Waals surface area contributed by atoms with Gasteiger partial charge in [0.25, 0.3) is 23.7 Å². The zero-order valence-corrected chi connectivity index (χ0v) is 50.2. The third kappa shape index (κ3) is 14.6. The summed E-state index contributed by atoms with van der Waals surface area (Å²) < 4.78 is 93.8. The van der Waals surface area contributed by atoms with E-state index in [2.05, 4.69) is 21.4 Å². The van der Waals surface area contributed by atoms with Crippen LogP contribution in [0.25, 0.3) is 67.2 Å². The number of fused-ring (bicyclic) bond motifs is 2. The molecule has 0 saturated carbocycles. The summed E-state index contributed by atoms with van der Waals surface area (Å²) in [4.78, 5) is 52.0. The van der Waals surface area contributed by atoms with E-state index in [1.807, 2.05) is 114 Å². The molecule has 12 nitrogen and oxygen atoms in total. The number of alkyl halides is 4. The Morgan fingerprint density at radius 1 is 0.457 bits per heavy atom. The third-order valence-electron chi connectivity index (χ3n) is 17.2. The van der Waals surface area contributed by atoms with Crippen LogP contribution in [0.15, 0.2) is 203 Å². The zero-order chi connectivity index (χ0) is 63.9. The molecule has 4 aliphatic heterocycles.